The summed E-state index contributed by atoms with van der Waals surface area (Å²) in [5.74, 6) is -0.946. The molecule has 1 unspecified atom stereocenters. The lowest BCUT2D eigenvalue weighted by molar-refractivity contribution is -0.141. The Balaban J connectivity index is 2.34. The number of rotatable bonds is 5. The average Bonchev–Trinajstić information content (AvgIpc) is 2.54. The molecule has 0 aliphatic carbocycles. The van der Waals surface area contributed by atoms with Crippen molar-refractivity contribution in [1.29, 1.82) is 0 Å². The number of carboxylic acid groups (broad SMARTS) is 1. The molecule has 0 aliphatic rings. The molecule has 0 saturated carbocycles. The number of alkyl halides is 3. The highest BCUT2D eigenvalue weighted by Gasteiger charge is 2.33. The Hall–Kier alpha value is -2.48. The molecule has 5 nitrogen and oxygen atoms in total. The highest BCUT2D eigenvalue weighted by atomic mass is 35.5. The van der Waals surface area contributed by atoms with Gasteiger partial charge in [0.05, 0.1) is 35.6 Å². The van der Waals surface area contributed by atoms with Crippen LogP contribution < -0.4 is 10.1 Å². The van der Waals surface area contributed by atoms with Crippen molar-refractivity contribution in [2.75, 3.05) is 12.4 Å². The minimum Gasteiger partial charge on any atom is -0.495 e. The van der Waals surface area contributed by atoms with E-state index >= 15 is 0 Å². The second-order valence-corrected chi connectivity index (χ2v) is 5.58. The van der Waals surface area contributed by atoms with Crippen LogP contribution >= 0.6 is 11.6 Å². The van der Waals surface area contributed by atoms with Gasteiger partial charge >= 0.3 is 12.1 Å². The predicted octanol–water partition coefficient (Wildman–Crippen LogP) is 4.63. The van der Waals surface area contributed by atoms with Gasteiger partial charge in [-0.3, -0.25) is 0 Å². The zero-order valence-electron chi connectivity index (χ0n) is 13.2. The zero-order valence-corrected chi connectivity index (χ0v) is 13.9. The molecular weight excluding hydrogens is 361 g/mol. The topological polar surface area (TPSA) is 71.5 Å². The maximum atomic E-state index is 12.9. The summed E-state index contributed by atoms with van der Waals surface area (Å²) in [6, 6.07) is 4.33. The molecule has 0 spiro atoms. The third-order valence-electron chi connectivity index (χ3n) is 3.46. The van der Waals surface area contributed by atoms with Gasteiger partial charge < -0.3 is 15.2 Å². The van der Waals surface area contributed by atoms with Gasteiger partial charge in [0.1, 0.15) is 11.4 Å². The predicted molar refractivity (Wildman–Crippen MR) is 86.2 cm³/mol. The van der Waals surface area contributed by atoms with Gasteiger partial charge in [-0.1, -0.05) is 11.6 Å². The van der Waals surface area contributed by atoms with Crippen LogP contribution in [-0.2, 0) is 6.18 Å². The van der Waals surface area contributed by atoms with E-state index in [4.69, 9.17) is 21.4 Å². The van der Waals surface area contributed by atoms with Crippen molar-refractivity contribution in [2.24, 2.45) is 0 Å². The zero-order chi connectivity index (χ0) is 18.8. The Morgan fingerprint density at radius 2 is 2.04 bits per heavy atom. The van der Waals surface area contributed by atoms with E-state index in [-0.39, 0.29) is 21.9 Å². The number of aromatic nitrogens is 1. The highest BCUT2D eigenvalue weighted by molar-refractivity contribution is 6.33. The van der Waals surface area contributed by atoms with Crippen molar-refractivity contribution in [3.8, 4) is 5.75 Å². The number of pyridine rings is 1. The number of nitrogens with zero attached hydrogens (tertiary/aromatic N) is 1. The fourth-order valence-corrected chi connectivity index (χ4v) is 2.43. The summed E-state index contributed by atoms with van der Waals surface area (Å²) < 4.78 is 43.7. The van der Waals surface area contributed by atoms with Gasteiger partial charge in [-0.15, -0.1) is 0 Å². The fraction of sp³-hybridized carbons (Fsp3) is 0.250. The number of benzene rings is 1. The summed E-state index contributed by atoms with van der Waals surface area (Å²) in [6.07, 6.45) is -3.58. The summed E-state index contributed by atoms with van der Waals surface area (Å²) in [4.78, 5) is 14.3. The number of halogens is 4. The van der Waals surface area contributed by atoms with Crippen LogP contribution in [0.4, 0.5) is 18.9 Å². The minimum atomic E-state index is -4.58. The Bertz CT molecular complexity index is 797. The summed E-state index contributed by atoms with van der Waals surface area (Å²) in [7, 11) is 1.33. The third-order valence-corrected chi connectivity index (χ3v) is 3.78. The number of carbonyl (C=O) groups is 1. The van der Waals surface area contributed by atoms with Gasteiger partial charge in [0.25, 0.3) is 0 Å². The summed E-state index contributed by atoms with van der Waals surface area (Å²) in [5, 5.41) is 12.0. The second kappa shape index (κ2) is 7.18. The number of hydrogen-bond acceptors (Lipinski definition) is 4. The number of carboxylic acids is 1. The molecule has 1 aromatic heterocycles. The molecule has 2 N–H and O–H groups in total. The van der Waals surface area contributed by atoms with Crippen LogP contribution in [0.3, 0.4) is 0 Å². The van der Waals surface area contributed by atoms with Crippen LogP contribution in [0.25, 0.3) is 0 Å². The third kappa shape index (κ3) is 4.33. The van der Waals surface area contributed by atoms with Gasteiger partial charge in [0.2, 0.25) is 0 Å². The van der Waals surface area contributed by atoms with E-state index in [1.54, 1.807) is 6.92 Å². The lowest BCUT2D eigenvalue weighted by atomic mass is 10.1. The molecule has 1 atom stereocenters. The summed E-state index contributed by atoms with van der Waals surface area (Å²) in [5.41, 5.74) is -0.414. The van der Waals surface area contributed by atoms with Crippen LogP contribution in [0.2, 0.25) is 5.02 Å². The van der Waals surface area contributed by atoms with Gasteiger partial charge in [-0.25, -0.2) is 9.78 Å². The monoisotopic (exact) mass is 374 g/mol. The van der Waals surface area contributed by atoms with Crippen molar-refractivity contribution in [1.82, 2.24) is 4.98 Å². The number of hydrogen-bond donors (Lipinski definition) is 2. The Morgan fingerprint density at radius 3 is 2.56 bits per heavy atom. The SMILES string of the molecule is COc1cnc(C(F)(F)F)cc1C(C)Nc1ccc(C(=O)O)cc1Cl. The first-order valence-corrected chi connectivity index (χ1v) is 7.41. The molecule has 134 valence electrons. The average molecular weight is 375 g/mol. The van der Waals surface area contributed by atoms with Crippen molar-refractivity contribution in [3.05, 3.63) is 52.3 Å². The lowest BCUT2D eigenvalue weighted by Crippen LogP contribution is -2.13. The van der Waals surface area contributed by atoms with Crippen LogP contribution in [0.1, 0.15) is 34.6 Å². The van der Waals surface area contributed by atoms with E-state index in [1.165, 1.54) is 25.3 Å². The Labute approximate surface area is 146 Å². The van der Waals surface area contributed by atoms with E-state index in [0.29, 0.717) is 5.69 Å². The molecule has 1 heterocycles. The number of ether oxygens (including phenoxy) is 1. The molecular formula is C16H14ClF3N2O3. The quantitative estimate of drug-likeness (QED) is 0.798. The first kappa shape index (κ1) is 18.9. The largest absolute Gasteiger partial charge is 0.495 e. The van der Waals surface area contributed by atoms with Crippen molar-refractivity contribution >= 4 is 23.3 Å². The van der Waals surface area contributed by atoms with Crippen molar-refractivity contribution < 1.29 is 27.8 Å². The van der Waals surface area contributed by atoms with Crippen LogP contribution in [-0.4, -0.2) is 23.2 Å². The number of aromatic carboxylic acids is 1. The molecule has 0 aliphatic heterocycles. The first-order valence-electron chi connectivity index (χ1n) is 7.04. The summed E-state index contributed by atoms with van der Waals surface area (Å²) >= 11 is 6.03. The lowest BCUT2D eigenvalue weighted by Gasteiger charge is -2.20. The second-order valence-electron chi connectivity index (χ2n) is 5.18. The van der Waals surface area contributed by atoms with E-state index in [0.717, 1.165) is 12.3 Å². The van der Waals surface area contributed by atoms with E-state index in [9.17, 15) is 18.0 Å². The molecule has 9 heteroatoms. The molecule has 0 amide bonds. The molecule has 0 bridgehead atoms. The van der Waals surface area contributed by atoms with Crippen molar-refractivity contribution in [3.63, 3.8) is 0 Å². The molecule has 0 fully saturated rings. The molecule has 0 radical (unpaired) electrons. The summed E-state index contributed by atoms with van der Waals surface area (Å²) in [6.45, 7) is 1.62. The van der Waals surface area contributed by atoms with Gasteiger partial charge in [-0.2, -0.15) is 13.2 Å². The number of nitrogens with one attached hydrogen (secondary N) is 1. The van der Waals surface area contributed by atoms with E-state index in [1.807, 2.05) is 0 Å². The molecule has 1 aromatic carbocycles. The normalized spacial score (nSPS) is 12.6. The number of methoxy groups -OCH3 is 1. The van der Waals surface area contributed by atoms with Gasteiger partial charge in [0.15, 0.2) is 0 Å². The van der Waals surface area contributed by atoms with E-state index < -0.39 is 23.9 Å². The van der Waals surface area contributed by atoms with E-state index in [2.05, 4.69) is 10.3 Å². The van der Waals surface area contributed by atoms with Crippen LogP contribution in [0.15, 0.2) is 30.5 Å². The molecule has 25 heavy (non-hydrogen) atoms. The maximum Gasteiger partial charge on any atom is 0.433 e. The number of anilines is 1. The van der Waals surface area contributed by atoms with Crippen LogP contribution in [0.5, 0.6) is 5.75 Å². The smallest absolute Gasteiger partial charge is 0.433 e. The fourth-order valence-electron chi connectivity index (χ4n) is 2.20. The maximum absolute atomic E-state index is 12.9. The minimum absolute atomic E-state index is 0.00375. The standard InChI is InChI=1S/C16H14ClF3N2O3/c1-8(22-12-4-3-9(15(23)24)5-11(12)17)10-6-14(16(18,19)20)21-7-13(10)25-2/h3-8,22H,1-2H3,(H,23,24). The van der Waals surface area contributed by atoms with Crippen molar-refractivity contribution in [2.45, 2.75) is 19.1 Å². The van der Waals surface area contributed by atoms with Gasteiger partial charge in [0, 0.05) is 5.56 Å². The van der Waals surface area contributed by atoms with Gasteiger partial charge in [-0.05, 0) is 31.2 Å². The molecule has 2 rings (SSSR count). The van der Waals surface area contributed by atoms with Crippen LogP contribution in [0, 0.1) is 0 Å². The molecule has 2 aromatic rings. The Morgan fingerprint density at radius 1 is 1.36 bits per heavy atom. The first-order chi connectivity index (χ1) is 11.6. The highest BCUT2D eigenvalue weighted by Crippen LogP contribution is 2.35. The Kier molecular flexibility index (Phi) is 5.42. The molecule has 0 saturated heterocycles.